The van der Waals surface area contributed by atoms with Crippen LogP contribution >= 0.6 is 12.4 Å². The molecule has 13 heteroatoms. The van der Waals surface area contributed by atoms with Gasteiger partial charge >= 0.3 is 12.0 Å². The Bertz CT molecular complexity index is 1060. The number of piperazine rings is 1. The lowest BCUT2D eigenvalue weighted by Gasteiger charge is -2.36. The molecule has 1 aromatic heterocycles. The van der Waals surface area contributed by atoms with E-state index in [4.69, 9.17) is 9.15 Å². The molecule has 0 spiro atoms. The van der Waals surface area contributed by atoms with Crippen molar-refractivity contribution in [3.63, 3.8) is 0 Å². The molecule has 2 fully saturated rings. The lowest BCUT2D eigenvalue weighted by molar-refractivity contribution is -0.402. The van der Waals surface area contributed by atoms with Gasteiger partial charge in [0.05, 0.1) is 37.1 Å². The van der Waals surface area contributed by atoms with Crippen LogP contribution in [0.25, 0.3) is 0 Å². The van der Waals surface area contributed by atoms with Crippen LogP contribution < -0.4 is 15.1 Å². The average Bonchev–Trinajstić information content (AvgIpc) is 3.39. The molecular formula is C21H25ClFN5O6. The van der Waals surface area contributed by atoms with Crippen molar-refractivity contribution in [3.8, 4) is 0 Å². The van der Waals surface area contributed by atoms with E-state index in [0.717, 1.165) is 0 Å². The van der Waals surface area contributed by atoms with Crippen LogP contribution in [-0.4, -0.2) is 67.2 Å². The van der Waals surface area contributed by atoms with Crippen LogP contribution in [0.2, 0.25) is 0 Å². The van der Waals surface area contributed by atoms with E-state index in [1.54, 1.807) is 18.2 Å². The van der Waals surface area contributed by atoms with Crippen molar-refractivity contribution in [3.05, 3.63) is 52.0 Å². The summed E-state index contributed by atoms with van der Waals surface area (Å²) in [5, 5.41) is 13.4. The first kappa shape index (κ1) is 25.2. The van der Waals surface area contributed by atoms with Gasteiger partial charge < -0.3 is 19.4 Å². The molecule has 2 saturated heterocycles. The van der Waals surface area contributed by atoms with Gasteiger partial charge in [0.15, 0.2) is 0 Å². The summed E-state index contributed by atoms with van der Waals surface area (Å²) in [6.07, 6.45) is -1.07. The van der Waals surface area contributed by atoms with Gasteiger partial charge in [0, 0.05) is 33.1 Å². The molecule has 1 atom stereocenters. The van der Waals surface area contributed by atoms with E-state index in [0.29, 0.717) is 49.9 Å². The van der Waals surface area contributed by atoms with Crippen LogP contribution in [0.15, 0.2) is 34.7 Å². The molecule has 1 N–H and O–H groups in total. The highest BCUT2D eigenvalue weighted by Crippen LogP contribution is 2.29. The second-order valence-corrected chi connectivity index (χ2v) is 7.95. The third-order valence-corrected chi connectivity index (χ3v) is 5.62. The number of hydrogen-bond donors (Lipinski definition) is 1. The standard InChI is InChI=1S/C21H24FN5O6.ClH/c1-14(28)23-11-17-13-26(21(29)33-17)15-2-4-19(18(22)10-15)25-8-6-24(7-9-25)12-16-3-5-20(32-16)27(30)31;/h2-5,10,17H,6-9,11-13H2,1H3,(H,23,28);1H. The largest absolute Gasteiger partial charge is 0.442 e. The normalized spacial score (nSPS) is 18.4. The molecule has 2 amide bonds. The lowest BCUT2D eigenvalue weighted by Crippen LogP contribution is -2.46. The molecular weight excluding hydrogens is 473 g/mol. The zero-order valence-corrected chi connectivity index (χ0v) is 19.3. The monoisotopic (exact) mass is 497 g/mol. The van der Waals surface area contributed by atoms with Crippen molar-refractivity contribution in [2.24, 2.45) is 0 Å². The number of nitrogens with zero attached hydrogens (tertiary/aromatic N) is 4. The number of cyclic esters (lactones) is 1. The Hall–Kier alpha value is -3.38. The van der Waals surface area contributed by atoms with Gasteiger partial charge in [0.2, 0.25) is 5.91 Å². The third-order valence-electron chi connectivity index (χ3n) is 5.62. The molecule has 2 aliphatic rings. The highest BCUT2D eigenvalue weighted by Gasteiger charge is 2.33. The van der Waals surface area contributed by atoms with Crippen molar-refractivity contribution in [1.82, 2.24) is 10.2 Å². The number of benzene rings is 1. The summed E-state index contributed by atoms with van der Waals surface area (Å²) >= 11 is 0. The number of nitrogens with one attached hydrogen (secondary N) is 1. The van der Waals surface area contributed by atoms with Gasteiger partial charge in [0.25, 0.3) is 0 Å². The first-order chi connectivity index (χ1) is 15.8. The van der Waals surface area contributed by atoms with Crippen molar-refractivity contribution in [2.75, 3.05) is 49.1 Å². The molecule has 11 nitrogen and oxygen atoms in total. The Morgan fingerprint density at radius 3 is 2.59 bits per heavy atom. The minimum Gasteiger partial charge on any atom is -0.442 e. The van der Waals surface area contributed by atoms with Crippen LogP contribution in [0.5, 0.6) is 0 Å². The molecule has 1 unspecified atom stereocenters. The van der Waals surface area contributed by atoms with E-state index in [9.17, 15) is 24.1 Å². The molecule has 34 heavy (non-hydrogen) atoms. The van der Waals surface area contributed by atoms with Crippen molar-refractivity contribution in [2.45, 2.75) is 19.6 Å². The number of nitro groups is 1. The maximum atomic E-state index is 14.9. The lowest BCUT2D eigenvalue weighted by atomic mass is 10.2. The van der Waals surface area contributed by atoms with E-state index in [1.165, 1.54) is 24.0 Å². The van der Waals surface area contributed by atoms with Gasteiger partial charge in [-0.25, -0.2) is 9.18 Å². The fraction of sp³-hybridized carbons (Fsp3) is 0.429. The summed E-state index contributed by atoms with van der Waals surface area (Å²) in [7, 11) is 0. The second kappa shape index (κ2) is 10.7. The maximum Gasteiger partial charge on any atom is 0.433 e. The third kappa shape index (κ3) is 5.75. The number of carbonyl (C=O) groups excluding carboxylic acids is 2. The molecule has 3 heterocycles. The van der Waals surface area contributed by atoms with Gasteiger partial charge in [-0.2, -0.15) is 0 Å². The fourth-order valence-corrected chi connectivity index (χ4v) is 3.93. The zero-order valence-electron chi connectivity index (χ0n) is 18.4. The molecule has 0 radical (unpaired) electrons. The SMILES string of the molecule is CC(=O)NCC1CN(c2ccc(N3CCN(Cc4ccc([N+](=O)[O-])o4)CC3)c(F)c2)C(=O)O1.Cl. The quantitative estimate of drug-likeness (QED) is 0.457. The van der Waals surface area contributed by atoms with Gasteiger partial charge in [-0.05, 0) is 24.3 Å². The smallest absolute Gasteiger partial charge is 0.433 e. The van der Waals surface area contributed by atoms with Crippen LogP contribution in [0, 0.1) is 15.9 Å². The first-order valence-electron chi connectivity index (χ1n) is 10.5. The predicted octanol–water partition coefficient (Wildman–Crippen LogP) is 2.53. The van der Waals surface area contributed by atoms with Crippen molar-refractivity contribution in [1.29, 1.82) is 0 Å². The van der Waals surface area contributed by atoms with Gasteiger partial charge in [0.1, 0.15) is 22.6 Å². The zero-order chi connectivity index (χ0) is 23.5. The summed E-state index contributed by atoms with van der Waals surface area (Å²) in [6.45, 7) is 4.67. The Morgan fingerprint density at radius 1 is 1.24 bits per heavy atom. The van der Waals surface area contributed by atoms with E-state index in [-0.39, 0.29) is 37.3 Å². The van der Waals surface area contributed by atoms with Gasteiger partial charge in [-0.3, -0.25) is 24.7 Å². The van der Waals surface area contributed by atoms with Crippen LogP contribution in [-0.2, 0) is 16.1 Å². The van der Waals surface area contributed by atoms with Crippen molar-refractivity contribution >= 4 is 41.7 Å². The number of ether oxygens (including phenoxy) is 1. The minimum atomic E-state index is -0.579. The maximum absolute atomic E-state index is 14.9. The summed E-state index contributed by atoms with van der Waals surface area (Å²) in [6, 6.07) is 7.55. The highest BCUT2D eigenvalue weighted by atomic mass is 35.5. The number of furan rings is 1. The number of anilines is 2. The molecule has 0 aliphatic carbocycles. The number of carbonyl (C=O) groups is 2. The minimum absolute atomic E-state index is 0. The molecule has 0 saturated carbocycles. The molecule has 2 aromatic rings. The predicted molar refractivity (Wildman–Crippen MR) is 123 cm³/mol. The summed E-state index contributed by atoms with van der Waals surface area (Å²) in [5.41, 5.74) is 0.832. The summed E-state index contributed by atoms with van der Waals surface area (Å²) < 4.78 is 25.4. The Morgan fingerprint density at radius 2 is 1.97 bits per heavy atom. The summed E-state index contributed by atoms with van der Waals surface area (Å²) in [5.74, 6) is -0.430. The molecule has 1 aromatic carbocycles. The Labute approximate surface area is 201 Å². The summed E-state index contributed by atoms with van der Waals surface area (Å²) in [4.78, 5) is 38.7. The topological polar surface area (TPSA) is 121 Å². The molecule has 4 rings (SSSR count). The second-order valence-electron chi connectivity index (χ2n) is 7.95. The van der Waals surface area contributed by atoms with E-state index < -0.39 is 22.9 Å². The Balaban J connectivity index is 0.00000324. The van der Waals surface area contributed by atoms with Crippen LogP contribution in [0.1, 0.15) is 12.7 Å². The van der Waals surface area contributed by atoms with Crippen LogP contribution in [0.4, 0.5) is 26.4 Å². The Kier molecular flexibility index (Phi) is 7.94. The van der Waals surface area contributed by atoms with Crippen LogP contribution in [0.3, 0.4) is 0 Å². The first-order valence-corrected chi connectivity index (χ1v) is 10.5. The highest BCUT2D eigenvalue weighted by molar-refractivity contribution is 5.90. The molecule has 184 valence electrons. The number of rotatable bonds is 7. The van der Waals surface area contributed by atoms with Crippen molar-refractivity contribution < 1.29 is 28.1 Å². The van der Waals surface area contributed by atoms with Gasteiger partial charge in [-0.15, -0.1) is 12.4 Å². The average molecular weight is 498 g/mol. The number of hydrogen-bond acceptors (Lipinski definition) is 8. The van der Waals surface area contributed by atoms with Gasteiger partial charge in [-0.1, -0.05) is 0 Å². The number of amides is 2. The molecule has 0 bridgehead atoms. The molecule has 2 aliphatic heterocycles. The fourth-order valence-electron chi connectivity index (χ4n) is 3.93. The number of halogens is 2. The van der Waals surface area contributed by atoms with E-state index >= 15 is 0 Å². The van der Waals surface area contributed by atoms with E-state index in [2.05, 4.69) is 10.2 Å². The van der Waals surface area contributed by atoms with E-state index in [1.807, 2.05) is 4.90 Å².